The lowest BCUT2D eigenvalue weighted by Crippen LogP contribution is -2.26. The van der Waals surface area contributed by atoms with Crippen LogP contribution in [-0.4, -0.2) is 42.7 Å². The Bertz CT molecular complexity index is 1830. The largest absolute Gasteiger partial charge is 0.512 e. The summed E-state index contributed by atoms with van der Waals surface area (Å²) in [6, 6.07) is 24.5. The van der Waals surface area contributed by atoms with Gasteiger partial charge in [0.25, 0.3) is 0 Å². The van der Waals surface area contributed by atoms with Crippen molar-refractivity contribution in [3.05, 3.63) is 131 Å². The quantitative estimate of drug-likeness (QED) is 0.163. The molecule has 2 heterocycles. The standard InChI is InChI=1S/C46H56O6/c1-29(2)25-49-27-45(5,6)40-21-31(20-38(51-40)32-15-11-9-12-16-32)19-35-37(47)24-36-42(43(36)44(35)48)34-22-39(33-17-13-10-14-18-33)52-41(23-34)46(7,8)28-50-26-30(3)4/h9-23,29-30,36-37,42-43,47H,24-28H2,1-8H3/p+1/b31-19+. The lowest BCUT2D eigenvalue weighted by atomic mass is 9.87. The monoisotopic (exact) mass is 705 g/mol. The van der Waals surface area contributed by atoms with Crippen LogP contribution in [0.2, 0.25) is 0 Å². The van der Waals surface area contributed by atoms with Crippen LogP contribution in [-0.2, 0) is 19.6 Å². The summed E-state index contributed by atoms with van der Waals surface area (Å²) in [5, 5.41) is 23.5. The predicted octanol–water partition coefficient (Wildman–Crippen LogP) is 10.7. The normalized spacial score (nSPS) is 22.7. The number of ether oxygens (including phenoxy) is 3. The summed E-state index contributed by atoms with van der Waals surface area (Å²) < 4.78 is 25.3. The van der Waals surface area contributed by atoms with Gasteiger partial charge >= 0.3 is 11.5 Å². The first kappa shape index (κ1) is 37.8. The molecule has 2 N–H and O–H groups in total. The van der Waals surface area contributed by atoms with Crippen LogP contribution in [0.4, 0.5) is 0 Å². The highest BCUT2D eigenvalue weighted by Crippen LogP contribution is 2.63. The molecule has 2 aromatic carbocycles. The van der Waals surface area contributed by atoms with Crippen molar-refractivity contribution in [1.82, 2.24) is 0 Å². The van der Waals surface area contributed by atoms with Crippen molar-refractivity contribution < 1.29 is 28.8 Å². The van der Waals surface area contributed by atoms with Crippen molar-refractivity contribution in [3.63, 3.8) is 0 Å². The highest BCUT2D eigenvalue weighted by molar-refractivity contribution is 5.68. The van der Waals surface area contributed by atoms with Gasteiger partial charge in [0.1, 0.15) is 22.7 Å². The molecule has 1 aromatic heterocycles. The van der Waals surface area contributed by atoms with E-state index in [0.29, 0.717) is 50.3 Å². The zero-order chi connectivity index (χ0) is 37.2. The molecule has 2 aliphatic carbocycles. The maximum atomic E-state index is 11.9. The van der Waals surface area contributed by atoms with E-state index in [1.165, 1.54) is 0 Å². The molecule has 1 fully saturated rings. The summed E-state index contributed by atoms with van der Waals surface area (Å²) in [7, 11) is 0. The second-order valence-electron chi connectivity index (χ2n) is 17.0. The molecule has 1 aliphatic heterocycles. The first-order valence-corrected chi connectivity index (χ1v) is 18.9. The Balaban J connectivity index is 1.35. The molecule has 6 rings (SSSR count). The van der Waals surface area contributed by atoms with Crippen molar-refractivity contribution in [3.8, 4) is 11.3 Å². The van der Waals surface area contributed by atoms with Gasteiger partial charge in [-0.1, -0.05) is 90.1 Å². The summed E-state index contributed by atoms with van der Waals surface area (Å²) in [6.45, 7) is 19.5. The van der Waals surface area contributed by atoms with E-state index >= 15 is 0 Å². The highest BCUT2D eigenvalue weighted by Gasteiger charge is 2.58. The van der Waals surface area contributed by atoms with E-state index in [1.54, 1.807) is 0 Å². The Morgan fingerprint density at radius 3 is 2.02 bits per heavy atom. The van der Waals surface area contributed by atoms with Gasteiger partial charge in [0.2, 0.25) is 0 Å². The molecule has 4 atom stereocenters. The molecule has 6 nitrogen and oxygen atoms in total. The summed E-state index contributed by atoms with van der Waals surface area (Å²) in [5.74, 6) is 4.39. The Morgan fingerprint density at radius 2 is 1.40 bits per heavy atom. The lowest BCUT2D eigenvalue weighted by Gasteiger charge is -2.31. The third-order valence-corrected chi connectivity index (χ3v) is 10.3. The fourth-order valence-corrected chi connectivity index (χ4v) is 7.31. The molecular weight excluding hydrogens is 649 g/mol. The van der Waals surface area contributed by atoms with Gasteiger partial charge in [0.05, 0.1) is 24.9 Å². The average molecular weight is 706 g/mol. The number of hydrogen-bond donors (Lipinski definition) is 2. The van der Waals surface area contributed by atoms with E-state index < -0.39 is 11.5 Å². The summed E-state index contributed by atoms with van der Waals surface area (Å²) in [6.07, 6.45) is 5.73. The van der Waals surface area contributed by atoms with Crippen molar-refractivity contribution in [2.75, 3.05) is 26.4 Å². The second-order valence-corrected chi connectivity index (χ2v) is 17.0. The number of hydrogen-bond acceptors (Lipinski definition) is 5. The molecule has 0 spiro atoms. The van der Waals surface area contributed by atoms with Crippen molar-refractivity contribution in [2.24, 2.45) is 29.1 Å². The molecule has 3 aromatic rings. The average Bonchev–Trinajstić information content (AvgIpc) is 3.84. The molecule has 4 unspecified atom stereocenters. The zero-order valence-electron chi connectivity index (χ0n) is 32.2. The van der Waals surface area contributed by atoms with Gasteiger partial charge in [-0.3, -0.25) is 0 Å². The first-order valence-electron chi connectivity index (χ1n) is 18.9. The van der Waals surface area contributed by atoms with Gasteiger partial charge < -0.3 is 24.4 Å². The van der Waals surface area contributed by atoms with Crippen LogP contribution in [0.3, 0.4) is 0 Å². The number of fused-ring (bicyclic) bond motifs is 1. The maximum absolute atomic E-state index is 11.9. The zero-order valence-corrected chi connectivity index (χ0v) is 32.2. The van der Waals surface area contributed by atoms with Gasteiger partial charge in [-0.15, -0.1) is 0 Å². The minimum absolute atomic E-state index is 0.0591. The van der Waals surface area contributed by atoms with Crippen molar-refractivity contribution >= 4 is 5.76 Å². The Morgan fingerprint density at radius 1 is 0.808 bits per heavy atom. The lowest BCUT2D eigenvalue weighted by molar-refractivity contribution is 0.0438. The number of aliphatic hydroxyl groups excluding tert-OH is 2. The number of allylic oxidation sites excluding steroid dienone is 4. The molecule has 1 saturated carbocycles. The van der Waals surface area contributed by atoms with Gasteiger partial charge in [0, 0.05) is 47.8 Å². The Kier molecular flexibility index (Phi) is 11.3. The van der Waals surface area contributed by atoms with Crippen LogP contribution in [0.25, 0.3) is 17.1 Å². The van der Waals surface area contributed by atoms with Crippen molar-refractivity contribution in [2.45, 2.75) is 79.2 Å². The third kappa shape index (κ3) is 8.62. The molecule has 6 heteroatoms. The van der Waals surface area contributed by atoms with Gasteiger partial charge in [-0.25, -0.2) is 4.42 Å². The van der Waals surface area contributed by atoms with Crippen LogP contribution >= 0.6 is 0 Å². The molecule has 0 saturated heterocycles. The van der Waals surface area contributed by atoms with E-state index in [0.717, 1.165) is 45.3 Å². The van der Waals surface area contributed by atoms with Crippen LogP contribution in [0.15, 0.2) is 118 Å². The SMILES string of the molecule is CC(C)COCC(C)(C)C1=C/C(=C/C2=C(O)C3C(CC2O)C3c2cc(-c3ccccc3)[o+]c(C(C)(C)COCC(C)C)c2)C=C(c2ccccc2)O1. The number of rotatable bonds is 14. The molecule has 0 bridgehead atoms. The van der Waals surface area contributed by atoms with Crippen LogP contribution in [0, 0.1) is 29.1 Å². The van der Waals surface area contributed by atoms with E-state index in [2.05, 4.69) is 79.7 Å². The molecule has 276 valence electrons. The molecule has 0 radical (unpaired) electrons. The van der Waals surface area contributed by atoms with Gasteiger partial charge in [-0.2, -0.15) is 0 Å². The summed E-state index contributed by atoms with van der Waals surface area (Å²) in [5.41, 5.74) is 3.73. The first-order chi connectivity index (χ1) is 24.7. The third-order valence-electron chi connectivity index (χ3n) is 10.3. The predicted molar refractivity (Wildman–Crippen MR) is 208 cm³/mol. The van der Waals surface area contributed by atoms with Crippen molar-refractivity contribution in [1.29, 1.82) is 0 Å². The summed E-state index contributed by atoms with van der Waals surface area (Å²) >= 11 is 0. The molecule has 0 amide bonds. The fourth-order valence-electron chi connectivity index (χ4n) is 7.31. The minimum Gasteiger partial charge on any atom is -0.512 e. The van der Waals surface area contributed by atoms with E-state index in [4.69, 9.17) is 18.6 Å². The van der Waals surface area contributed by atoms with Crippen LogP contribution in [0.1, 0.15) is 84.6 Å². The Labute approximate surface area is 310 Å². The number of aliphatic hydroxyl groups is 2. The minimum atomic E-state index is -0.795. The molecular formula is C46H57O6+. The summed E-state index contributed by atoms with van der Waals surface area (Å²) in [4.78, 5) is 0. The maximum Gasteiger partial charge on any atom is 0.360 e. The molecule has 3 aliphatic rings. The van der Waals surface area contributed by atoms with Crippen LogP contribution < -0.4 is 0 Å². The van der Waals surface area contributed by atoms with Gasteiger partial charge in [0.15, 0.2) is 0 Å². The van der Waals surface area contributed by atoms with E-state index in [1.807, 2.05) is 66.8 Å². The Hall–Kier alpha value is -3.97. The van der Waals surface area contributed by atoms with E-state index in [9.17, 15) is 10.2 Å². The topological polar surface area (TPSA) is 79.5 Å². The van der Waals surface area contributed by atoms with E-state index in [-0.39, 0.29) is 28.9 Å². The van der Waals surface area contributed by atoms with Crippen LogP contribution in [0.5, 0.6) is 0 Å². The smallest absolute Gasteiger partial charge is 0.360 e. The number of benzene rings is 2. The molecule has 52 heavy (non-hydrogen) atoms. The second kappa shape index (κ2) is 15.6. The highest BCUT2D eigenvalue weighted by atomic mass is 16.5. The fraction of sp³-hybridized carbons (Fsp3) is 0.457. The van der Waals surface area contributed by atoms with Gasteiger partial charge in [-0.05, 0) is 85.4 Å².